The molecule has 1 aromatic rings. The van der Waals surface area contributed by atoms with Gasteiger partial charge >= 0.3 is 6.03 Å². The maximum Gasteiger partial charge on any atom is 0.322 e. The molecule has 94 valence electrons. The molecule has 17 heavy (non-hydrogen) atoms. The van der Waals surface area contributed by atoms with Crippen molar-refractivity contribution < 1.29 is 9.59 Å². The van der Waals surface area contributed by atoms with Crippen molar-refractivity contribution in [3.05, 3.63) is 12.2 Å². The standard InChI is InChI=1S/C9H14ClN5O2/c1-5(10)8(16)13-9(17)12-6(2)7-14-11-4-15(7)3/h4-6H,1-3H3,(H2,12,13,16,17). The van der Waals surface area contributed by atoms with Crippen LogP contribution in [0.1, 0.15) is 25.7 Å². The number of halogens is 1. The molecular formula is C9H14ClN5O2. The Hall–Kier alpha value is -1.63. The van der Waals surface area contributed by atoms with Crippen LogP contribution in [0.2, 0.25) is 0 Å². The fourth-order valence-corrected chi connectivity index (χ4v) is 1.25. The van der Waals surface area contributed by atoms with Gasteiger partial charge in [0.2, 0.25) is 5.91 Å². The highest BCUT2D eigenvalue weighted by Gasteiger charge is 2.17. The van der Waals surface area contributed by atoms with Crippen LogP contribution in [0.5, 0.6) is 0 Å². The van der Waals surface area contributed by atoms with Gasteiger partial charge in [-0.15, -0.1) is 21.8 Å². The maximum absolute atomic E-state index is 11.4. The summed E-state index contributed by atoms with van der Waals surface area (Å²) in [5.74, 6) is 0.0425. The summed E-state index contributed by atoms with van der Waals surface area (Å²) in [6.45, 7) is 3.22. The van der Waals surface area contributed by atoms with E-state index in [2.05, 4.69) is 20.8 Å². The maximum atomic E-state index is 11.4. The van der Waals surface area contributed by atoms with E-state index in [1.165, 1.54) is 13.3 Å². The first-order chi connectivity index (χ1) is 7.91. The predicted octanol–water partition coefficient (Wildman–Crippen LogP) is 0.329. The number of carbonyl (C=O) groups excluding carboxylic acids is 2. The molecule has 0 aliphatic rings. The Kier molecular flexibility index (Phi) is 4.45. The molecule has 0 fully saturated rings. The Labute approximate surface area is 104 Å². The summed E-state index contributed by atoms with van der Waals surface area (Å²) in [5, 5.41) is 11.4. The number of hydrogen-bond acceptors (Lipinski definition) is 4. The van der Waals surface area contributed by atoms with Crippen molar-refractivity contribution in [3.63, 3.8) is 0 Å². The highest BCUT2D eigenvalue weighted by molar-refractivity contribution is 6.31. The lowest BCUT2D eigenvalue weighted by Gasteiger charge is -2.13. The number of nitrogens with one attached hydrogen (secondary N) is 2. The topological polar surface area (TPSA) is 88.9 Å². The van der Waals surface area contributed by atoms with Crippen molar-refractivity contribution in [1.82, 2.24) is 25.4 Å². The van der Waals surface area contributed by atoms with E-state index in [1.807, 2.05) is 0 Å². The van der Waals surface area contributed by atoms with Crippen molar-refractivity contribution in [2.75, 3.05) is 0 Å². The Morgan fingerprint density at radius 1 is 1.47 bits per heavy atom. The minimum atomic E-state index is -0.758. The molecule has 2 N–H and O–H groups in total. The van der Waals surface area contributed by atoms with Crippen LogP contribution in [0.15, 0.2) is 6.33 Å². The zero-order valence-corrected chi connectivity index (χ0v) is 10.5. The number of urea groups is 1. The van der Waals surface area contributed by atoms with E-state index in [0.29, 0.717) is 5.82 Å². The zero-order chi connectivity index (χ0) is 13.0. The first-order valence-corrected chi connectivity index (χ1v) is 5.44. The summed E-state index contributed by atoms with van der Waals surface area (Å²) in [4.78, 5) is 22.6. The first-order valence-electron chi connectivity index (χ1n) is 5.01. The Morgan fingerprint density at radius 3 is 2.59 bits per heavy atom. The van der Waals surface area contributed by atoms with Crippen molar-refractivity contribution in [1.29, 1.82) is 0 Å². The summed E-state index contributed by atoms with van der Waals surface area (Å²) in [7, 11) is 1.76. The smallest absolute Gasteiger partial charge is 0.322 e. The van der Waals surface area contributed by atoms with Crippen molar-refractivity contribution in [3.8, 4) is 0 Å². The van der Waals surface area contributed by atoms with Crippen LogP contribution in [0.4, 0.5) is 4.79 Å². The average molecular weight is 260 g/mol. The molecular weight excluding hydrogens is 246 g/mol. The number of aryl methyl sites for hydroxylation is 1. The summed E-state index contributed by atoms with van der Waals surface area (Å²) in [6, 6.07) is -0.973. The molecule has 3 amide bonds. The van der Waals surface area contributed by atoms with Crippen LogP contribution < -0.4 is 10.6 Å². The third kappa shape index (κ3) is 3.70. The van der Waals surface area contributed by atoms with E-state index in [-0.39, 0.29) is 6.04 Å². The van der Waals surface area contributed by atoms with Crippen LogP contribution in [0, 0.1) is 0 Å². The second-order valence-corrected chi connectivity index (χ2v) is 4.26. The highest BCUT2D eigenvalue weighted by atomic mass is 35.5. The van der Waals surface area contributed by atoms with Crippen LogP contribution in [-0.2, 0) is 11.8 Å². The SMILES string of the molecule is CC(Cl)C(=O)NC(=O)NC(C)c1nncn1C. The minimum Gasteiger partial charge on any atom is -0.328 e. The number of imide groups is 1. The molecule has 0 bridgehead atoms. The van der Waals surface area contributed by atoms with Gasteiger partial charge in [0.15, 0.2) is 5.82 Å². The summed E-state index contributed by atoms with van der Waals surface area (Å²) >= 11 is 5.52. The summed E-state index contributed by atoms with van der Waals surface area (Å²) < 4.78 is 1.68. The van der Waals surface area contributed by atoms with Crippen LogP contribution in [0.3, 0.4) is 0 Å². The molecule has 8 heteroatoms. The Bertz CT molecular complexity index is 417. The van der Waals surface area contributed by atoms with E-state index >= 15 is 0 Å². The van der Waals surface area contributed by atoms with Gasteiger partial charge in [0, 0.05) is 7.05 Å². The lowest BCUT2D eigenvalue weighted by atomic mass is 10.3. The second-order valence-electron chi connectivity index (χ2n) is 3.60. The fraction of sp³-hybridized carbons (Fsp3) is 0.556. The number of rotatable bonds is 3. The lowest BCUT2D eigenvalue weighted by Crippen LogP contribution is -2.43. The molecule has 1 rings (SSSR count). The number of carbonyl (C=O) groups is 2. The third-order valence-corrected chi connectivity index (χ3v) is 2.28. The summed E-state index contributed by atoms with van der Waals surface area (Å²) in [5.41, 5.74) is 0. The van der Waals surface area contributed by atoms with E-state index in [9.17, 15) is 9.59 Å². The second kappa shape index (κ2) is 5.62. The fourth-order valence-electron chi connectivity index (χ4n) is 1.19. The van der Waals surface area contributed by atoms with E-state index < -0.39 is 17.3 Å². The van der Waals surface area contributed by atoms with Gasteiger partial charge in [-0.2, -0.15) is 0 Å². The molecule has 7 nitrogen and oxygen atoms in total. The minimum absolute atomic E-state index is 0.360. The van der Waals surface area contributed by atoms with Gasteiger partial charge in [-0.05, 0) is 13.8 Å². The van der Waals surface area contributed by atoms with Gasteiger partial charge in [0.1, 0.15) is 11.7 Å². The molecule has 2 unspecified atom stereocenters. The van der Waals surface area contributed by atoms with Crippen LogP contribution in [0.25, 0.3) is 0 Å². The third-order valence-electron chi connectivity index (χ3n) is 2.08. The van der Waals surface area contributed by atoms with Crippen molar-refractivity contribution in [2.24, 2.45) is 7.05 Å². The summed E-state index contributed by atoms with van der Waals surface area (Å²) in [6.07, 6.45) is 1.53. The van der Waals surface area contributed by atoms with Gasteiger partial charge in [0.05, 0.1) is 6.04 Å². The number of aromatic nitrogens is 3. The van der Waals surface area contributed by atoms with E-state index in [1.54, 1.807) is 18.5 Å². The lowest BCUT2D eigenvalue weighted by molar-refractivity contribution is -0.119. The molecule has 0 aliphatic carbocycles. The van der Waals surface area contributed by atoms with Crippen LogP contribution >= 0.6 is 11.6 Å². The Morgan fingerprint density at radius 2 is 2.12 bits per heavy atom. The molecule has 0 spiro atoms. The molecule has 2 atom stereocenters. The normalized spacial score (nSPS) is 13.9. The quantitative estimate of drug-likeness (QED) is 0.766. The number of hydrogen-bond donors (Lipinski definition) is 2. The molecule has 1 aromatic heterocycles. The van der Waals surface area contributed by atoms with Crippen molar-refractivity contribution in [2.45, 2.75) is 25.3 Å². The van der Waals surface area contributed by atoms with Gasteiger partial charge in [-0.3, -0.25) is 10.1 Å². The molecule has 0 aliphatic heterocycles. The first kappa shape index (κ1) is 13.4. The van der Waals surface area contributed by atoms with Gasteiger partial charge < -0.3 is 9.88 Å². The molecule has 1 heterocycles. The highest BCUT2D eigenvalue weighted by Crippen LogP contribution is 2.06. The zero-order valence-electron chi connectivity index (χ0n) is 9.77. The molecule has 0 radical (unpaired) electrons. The van der Waals surface area contributed by atoms with Gasteiger partial charge in [-0.25, -0.2) is 4.79 Å². The molecule has 0 saturated carbocycles. The van der Waals surface area contributed by atoms with Gasteiger partial charge in [-0.1, -0.05) is 0 Å². The van der Waals surface area contributed by atoms with E-state index in [4.69, 9.17) is 11.6 Å². The van der Waals surface area contributed by atoms with Gasteiger partial charge in [0.25, 0.3) is 0 Å². The predicted molar refractivity (Wildman–Crippen MR) is 61.4 cm³/mol. The largest absolute Gasteiger partial charge is 0.328 e. The number of nitrogens with zero attached hydrogens (tertiary/aromatic N) is 3. The average Bonchev–Trinajstić information content (AvgIpc) is 2.63. The number of alkyl halides is 1. The Balaban J connectivity index is 2.52. The number of amides is 3. The van der Waals surface area contributed by atoms with E-state index in [0.717, 1.165) is 0 Å². The monoisotopic (exact) mass is 259 g/mol. The molecule has 0 saturated heterocycles. The van der Waals surface area contributed by atoms with Crippen molar-refractivity contribution >= 4 is 23.5 Å². The molecule has 0 aromatic carbocycles. The van der Waals surface area contributed by atoms with Crippen LogP contribution in [-0.4, -0.2) is 32.1 Å².